The van der Waals surface area contributed by atoms with Crippen molar-refractivity contribution in [3.05, 3.63) is 87.9 Å². The largest absolute Gasteiger partial charge is 0.493 e. The molecule has 3 aromatic carbocycles. The summed E-state index contributed by atoms with van der Waals surface area (Å²) in [5.74, 6) is -0.579. The van der Waals surface area contributed by atoms with Crippen LogP contribution >= 0.6 is 23.2 Å². The molecule has 4 rings (SSSR count). The van der Waals surface area contributed by atoms with Crippen LogP contribution in [0.3, 0.4) is 0 Å². The second-order valence-corrected chi connectivity index (χ2v) is 9.48. The second kappa shape index (κ2) is 11.7. The summed E-state index contributed by atoms with van der Waals surface area (Å²) < 4.78 is 34.4. The lowest BCUT2D eigenvalue weighted by atomic mass is 9.97. The van der Waals surface area contributed by atoms with Gasteiger partial charge in [-0.15, -0.1) is 0 Å². The van der Waals surface area contributed by atoms with Crippen LogP contribution in [0, 0.1) is 17.6 Å². The van der Waals surface area contributed by atoms with Gasteiger partial charge >= 0.3 is 0 Å². The van der Waals surface area contributed by atoms with Crippen LogP contribution in [0.25, 0.3) is 0 Å². The summed E-state index contributed by atoms with van der Waals surface area (Å²) in [5.41, 5.74) is 1.57. The molecule has 1 saturated heterocycles. The fourth-order valence-corrected chi connectivity index (χ4v) is 4.54. The number of amides is 1. The smallest absolute Gasteiger partial charge is 0.224 e. The molecule has 184 valence electrons. The zero-order chi connectivity index (χ0) is 24.8. The highest BCUT2D eigenvalue weighted by Crippen LogP contribution is 2.32. The average molecular weight is 519 g/mol. The Labute approximate surface area is 213 Å². The van der Waals surface area contributed by atoms with Gasteiger partial charge in [-0.2, -0.15) is 0 Å². The van der Waals surface area contributed by atoms with Crippen molar-refractivity contribution in [1.29, 1.82) is 0 Å². The fourth-order valence-electron chi connectivity index (χ4n) is 4.18. The van der Waals surface area contributed by atoms with Gasteiger partial charge in [0.2, 0.25) is 5.91 Å². The summed E-state index contributed by atoms with van der Waals surface area (Å²) in [5, 5.41) is 3.34. The predicted molar refractivity (Wildman–Crippen MR) is 137 cm³/mol. The molecule has 1 fully saturated rings. The number of halogens is 4. The highest BCUT2D eigenvalue weighted by Gasteiger charge is 2.24. The van der Waals surface area contributed by atoms with Crippen molar-refractivity contribution in [2.45, 2.75) is 25.7 Å². The topological polar surface area (TPSA) is 41.6 Å². The predicted octanol–water partition coefficient (Wildman–Crippen LogP) is 7.14. The maximum Gasteiger partial charge on any atom is 0.224 e. The van der Waals surface area contributed by atoms with Crippen LogP contribution in [0.2, 0.25) is 10.0 Å². The van der Waals surface area contributed by atoms with Gasteiger partial charge in [0.25, 0.3) is 0 Å². The minimum atomic E-state index is -0.649. The molecule has 0 spiro atoms. The summed E-state index contributed by atoms with van der Waals surface area (Å²) in [6.45, 7) is 1.50. The highest BCUT2D eigenvalue weighted by atomic mass is 35.5. The van der Waals surface area contributed by atoms with Gasteiger partial charge in [-0.25, -0.2) is 8.78 Å². The summed E-state index contributed by atoms with van der Waals surface area (Å²) in [7, 11) is 0. The number of carbonyl (C=O) groups is 1. The molecular formula is C27H26Cl2F2N2O2. The average Bonchev–Trinajstić information content (AvgIpc) is 2.84. The van der Waals surface area contributed by atoms with Crippen molar-refractivity contribution in [2.75, 3.05) is 29.9 Å². The van der Waals surface area contributed by atoms with E-state index in [0.29, 0.717) is 49.0 Å². The van der Waals surface area contributed by atoms with Crippen molar-refractivity contribution < 1.29 is 18.3 Å². The zero-order valence-corrected chi connectivity index (χ0v) is 20.6. The monoisotopic (exact) mass is 518 g/mol. The van der Waals surface area contributed by atoms with E-state index in [2.05, 4.69) is 5.32 Å². The standard InChI is InChI=1S/C27H26Cl2F2N2O2/c28-20-14-23(30)27(24(31)15-20)33-12-10-19(11-13-33)17-35-21-7-8-22(29)25(16-21)32-26(34)9-6-18-4-2-1-3-5-18/h1-5,7-8,14-16,19H,6,9-13,17H2,(H,32,34). The molecule has 8 heteroatoms. The number of rotatable bonds is 8. The normalized spacial score (nSPS) is 14.1. The van der Waals surface area contributed by atoms with Gasteiger partial charge in [0.15, 0.2) is 11.6 Å². The molecule has 0 bridgehead atoms. The van der Waals surface area contributed by atoms with Crippen LogP contribution < -0.4 is 15.0 Å². The van der Waals surface area contributed by atoms with Crippen molar-refractivity contribution in [1.82, 2.24) is 0 Å². The molecule has 1 aliphatic heterocycles. The first kappa shape index (κ1) is 25.3. The SMILES string of the molecule is O=C(CCc1ccccc1)Nc1cc(OCC2CCN(c3c(F)cc(Cl)cc3F)CC2)ccc1Cl. The molecule has 1 amide bonds. The lowest BCUT2D eigenvalue weighted by Gasteiger charge is -2.33. The van der Waals surface area contributed by atoms with E-state index in [4.69, 9.17) is 27.9 Å². The molecule has 0 saturated carbocycles. The first-order valence-electron chi connectivity index (χ1n) is 11.5. The lowest BCUT2D eigenvalue weighted by molar-refractivity contribution is -0.116. The van der Waals surface area contributed by atoms with E-state index in [9.17, 15) is 13.6 Å². The Morgan fingerprint density at radius 1 is 1.00 bits per heavy atom. The molecule has 0 unspecified atom stereocenters. The molecule has 0 aromatic heterocycles. The minimum Gasteiger partial charge on any atom is -0.493 e. The molecule has 0 atom stereocenters. The molecule has 4 nitrogen and oxygen atoms in total. The third-order valence-corrected chi connectivity index (χ3v) is 6.64. The van der Waals surface area contributed by atoms with Crippen LogP contribution in [0.4, 0.5) is 20.2 Å². The van der Waals surface area contributed by atoms with Crippen LogP contribution in [0.1, 0.15) is 24.8 Å². The third kappa shape index (κ3) is 6.86. The first-order chi connectivity index (χ1) is 16.9. The van der Waals surface area contributed by atoms with Gasteiger partial charge in [0.05, 0.1) is 17.3 Å². The number of piperidine rings is 1. The fraction of sp³-hybridized carbons (Fsp3) is 0.296. The van der Waals surface area contributed by atoms with E-state index in [1.54, 1.807) is 23.1 Å². The van der Waals surface area contributed by atoms with Gasteiger partial charge in [-0.3, -0.25) is 4.79 Å². The number of hydrogen-bond acceptors (Lipinski definition) is 3. The molecule has 0 radical (unpaired) electrons. The number of aryl methyl sites for hydroxylation is 1. The first-order valence-corrected chi connectivity index (χ1v) is 12.3. The maximum absolute atomic E-state index is 14.2. The Balaban J connectivity index is 1.27. The molecular weight excluding hydrogens is 493 g/mol. The van der Waals surface area contributed by atoms with Crippen molar-refractivity contribution in [3.63, 3.8) is 0 Å². The van der Waals surface area contributed by atoms with E-state index >= 15 is 0 Å². The summed E-state index contributed by atoms with van der Waals surface area (Å²) in [4.78, 5) is 14.1. The number of anilines is 2. The van der Waals surface area contributed by atoms with E-state index in [-0.39, 0.29) is 22.5 Å². The van der Waals surface area contributed by atoms with E-state index in [1.165, 1.54) is 0 Å². The van der Waals surface area contributed by atoms with Gasteiger partial charge in [0, 0.05) is 30.6 Å². The van der Waals surface area contributed by atoms with Crippen LogP contribution in [0.5, 0.6) is 5.75 Å². The maximum atomic E-state index is 14.2. The van der Waals surface area contributed by atoms with Gasteiger partial charge < -0.3 is 15.0 Å². The van der Waals surface area contributed by atoms with Crippen LogP contribution in [-0.4, -0.2) is 25.6 Å². The molecule has 1 N–H and O–H groups in total. The van der Waals surface area contributed by atoms with E-state index in [0.717, 1.165) is 30.5 Å². The van der Waals surface area contributed by atoms with Crippen LogP contribution in [-0.2, 0) is 11.2 Å². The summed E-state index contributed by atoms with van der Waals surface area (Å²) in [6.07, 6.45) is 2.46. The van der Waals surface area contributed by atoms with E-state index < -0.39 is 11.6 Å². The molecule has 35 heavy (non-hydrogen) atoms. The van der Waals surface area contributed by atoms with Gasteiger partial charge in [0.1, 0.15) is 11.4 Å². The number of ether oxygens (including phenoxy) is 1. The number of carbonyl (C=O) groups excluding carboxylic acids is 1. The van der Waals surface area contributed by atoms with Crippen molar-refractivity contribution in [3.8, 4) is 5.75 Å². The lowest BCUT2D eigenvalue weighted by Crippen LogP contribution is -2.36. The Kier molecular flexibility index (Phi) is 8.47. The molecule has 1 aliphatic rings. The zero-order valence-electron chi connectivity index (χ0n) is 19.1. The van der Waals surface area contributed by atoms with Gasteiger partial charge in [-0.1, -0.05) is 53.5 Å². The summed E-state index contributed by atoms with van der Waals surface area (Å²) >= 11 is 12.0. The Hall–Kier alpha value is -2.83. The number of benzene rings is 3. The van der Waals surface area contributed by atoms with Gasteiger partial charge in [-0.05, 0) is 55.0 Å². The summed E-state index contributed by atoms with van der Waals surface area (Å²) in [6, 6.07) is 17.2. The van der Waals surface area contributed by atoms with E-state index in [1.807, 2.05) is 30.3 Å². The highest BCUT2D eigenvalue weighted by molar-refractivity contribution is 6.33. The van der Waals surface area contributed by atoms with Crippen molar-refractivity contribution in [2.24, 2.45) is 5.92 Å². The third-order valence-electron chi connectivity index (χ3n) is 6.09. The molecule has 3 aromatic rings. The number of nitrogens with one attached hydrogen (secondary N) is 1. The Morgan fingerprint density at radius 2 is 1.69 bits per heavy atom. The molecule has 0 aliphatic carbocycles. The second-order valence-electron chi connectivity index (χ2n) is 8.63. The quantitative estimate of drug-likeness (QED) is 0.344. The van der Waals surface area contributed by atoms with Crippen molar-refractivity contribution >= 4 is 40.5 Å². The Bertz CT molecular complexity index is 1150. The minimum absolute atomic E-state index is 0.0286. The number of nitrogens with zero attached hydrogens (tertiary/aromatic N) is 1. The molecule has 1 heterocycles. The van der Waals surface area contributed by atoms with Crippen LogP contribution in [0.15, 0.2) is 60.7 Å². The Morgan fingerprint density at radius 3 is 2.37 bits per heavy atom. The number of hydrogen-bond donors (Lipinski definition) is 1.